The molecule has 0 radical (unpaired) electrons. The number of aromatic nitrogens is 3. The maximum atomic E-state index is 11.2. The van der Waals surface area contributed by atoms with E-state index in [2.05, 4.69) is 15.0 Å². The lowest BCUT2D eigenvalue weighted by molar-refractivity contribution is 0.0694. The zero-order valence-electron chi connectivity index (χ0n) is 13.2. The van der Waals surface area contributed by atoms with Crippen LogP contribution in [0.25, 0.3) is 12.2 Å². The third kappa shape index (κ3) is 3.47. The highest BCUT2D eigenvalue weighted by molar-refractivity contribution is 7.12. The molecule has 0 atom stereocenters. The average molecular weight is 329 g/mol. The number of fused-ring (bicyclic) bond motifs is 1. The Bertz CT molecular complexity index is 742. The minimum atomic E-state index is -0.989. The maximum Gasteiger partial charge on any atom is 0.339 e. The van der Waals surface area contributed by atoms with Crippen LogP contribution in [0.5, 0.6) is 0 Å². The largest absolute Gasteiger partial charge is 0.478 e. The Labute approximate surface area is 139 Å². The normalized spacial score (nSPS) is 14.4. The van der Waals surface area contributed by atoms with E-state index in [0.717, 1.165) is 17.8 Å². The van der Waals surface area contributed by atoms with E-state index in [9.17, 15) is 9.90 Å². The smallest absolute Gasteiger partial charge is 0.339 e. The third-order valence-electron chi connectivity index (χ3n) is 3.85. The molecular formula is C17H19N3O2S. The number of aromatic carboxylic acids is 1. The number of carboxylic acid groups (broad SMARTS) is 1. The van der Waals surface area contributed by atoms with Crippen LogP contribution in [-0.4, -0.2) is 26.0 Å². The summed E-state index contributed by atoms with van der Waals surface area (Å²) in [7, 11) is 0. The summed E-state index contributed by atoms with van der Waals surface area (Å²) < 4.78 is 0. The van der Waals surface area contributed by atoms with Crippen LogP contribution in [-0.2, 0) is 12.8 Å². The molecule has 2 aromatic rings. The molecular weight excluding hydrogens is 310 g/mol. The van der Waals surface area contributed by atoms with Crippen molar-refractivity contribution in [3.63, 3.8) is 0 Å². The van der Waals surface area contributed by atoms with Gasteiger partial charge in [-0.25, -0.2) is 19.7 Å². The molecule has 5 nitrogen and oxygen atoms in total. The highest BCUT2D eigenvalue weighted by atomic mass is 32.1. The van der Waals surface area contributed by atoms with Gasteiger partial charge in [-0.05, 0) is 43.8 Å². The fourth-order valence-electron chi connectivity index (χ4n) is 2.68. The molecule has 1 aliphatic rings. The maximum absolute atomic E-state index is 11.2. The van der Waals surface area contributed by atoms with Gasteiger partial charge in [0.25, 0.3) is 0 Å². The highest BCUT2D eigenvalue weighted by Crippen LogP contribution is 2.27. The van der Waals surface area contributed by atoms with Crippen LogP contribution in [0.1, 0.15) is 70.1 Å². The zero-order valence-corrected chi connectivity index (χ0v) is 14.1. The molecule has 0 aliphatic heterocycles. The summed E-state index contributed by atoms with van der Waals surface area (Å²) in [5.41, 5.74) is 1.96. The van der Waals surface area contributed by atoms with E-state index in [4.69, 9.17) is 0 Å². The molecule has 0 spiro atoms. The van der Waals surface area contributed by atoms with Gasteiger partial charge in [-0.1, -0.05) is 13.8 Å². The number of hydrogen-bond donors (Lipinski definition) is 1. The number of thiazole rings is 1. The van der Waals surface area contributed by atoms with E-state index in [0.29, 0.717) is 11.5 Å². The average Bonchev–Trinajstić information content (AvgIpc) is 2.95. The van der Waals surface area contributed by atoms with Gasteiger partial charge in [-0.3, -0.25) is 0 Å². The Morgan fingerprint density at radius 1 is 1.26 bits per heavy atom. The van der Waals surface area contributed by atoms with Gasteiger partial charge in [0.1, 0.15) is 5.01 Å². The van der Waals surface area contributed by atoms with E-state index in [1.54, 1.807) is 11.3 Å². The molecule has 3 rings (SSSR count). The first-order chi connectivity index (χ1) is 11.0. The summed E-state index contributed by atoms with van der Waals surface area (Å²) in [6.45, 7) is 3.86. The number of rotatable bonds is 4. The van der Waals surface area contributed by atoms with Crippen LogP contribution >= 0.6 is 11.3 Å². The van der Waals surface area contributed by atoms with Crippen molar-refractivity contribution in [2.45, 2.75) is 45.4 Å². The molecule has 0 amide bonds. The molecule has 0 fully saturated rings. The third-order valence-corrected chi connectivity index (χ3v) is 4.97. The van der Waals surface area contributed by atoms with Crippen LogP contribution in [0.4, 0.5) is 0 Å². The molecule has 0 aromatic carbocycles. The van der Waals surface area contributed by atoms with Crippen molar-refractivity contribution in [1.82, 2.24) is 15.0 Å². The van der Waals surface area contributed by atoms with Crippen molar-refractivity contribution in [1.29, 1.82) is 0 Å². The van der Waals surface area contributed by atoms with Gasteiger partial charge in [0, 0.05) is 11.1 Å². The van der Waals surface area contributed by atoms with E-state index < -0.39 is 5.97 Å². The van der Waals surface area contributed by atoms with E-state index in [1.165, 1.54) is 29.6 Å². The van der Waals surface area contributed by atoms with Gasteiger partial charge in [0.2, 0.25) is 0 Å². The lowest BCUT2D eigenvalue weighted by Gasteiger charge is -2.08. The summed E-state index contributed by atoms with van der Waals surface area (Å²) in [5.74, 6) is -0.438. The summed E-state index contributed by atoms with van der Waals surface area (Å²) in [4.78, 5) is 25.8. The van der Waals surface area contributed by atoms with Crippen LogP contribution in [0.15, 0.2) is 6.20 Å². The Hall–Kier alpha value is -2.08. The quantitative estimate of drug-likeness (QED) is 0.923. The van der Waals surface area contributed by atoms with E-state index in [-0.39, 0.29) is 11.5 Å². The number of nitrogens with zero attached hydrogens (tertiary/aromatic N) is 3. The minimum Gasteiger partial charge on any atom is -0.478 e. The van der Waals surface area contributed by atoms with Crippen molar-refractivity contribution in [3.8, 4) is 0 Å². The number of carbonyl (C=O) groups is 1. The number of hydrogen-bond acceptors (Lipinski definition) is 5. The second-order valence-electron chi connectivity index (χ2n) is 5.95. The Balaban J connectivity index is 1.86. The number of aryl methyl sites for hydroxylation is 2. The van der Waals surface area contributed by atoms with Crippen molar-refractivity contribution in [2.75, 3.05) is 0 Å². The summed E-state index contributed by atoms with van der Waals surface area (Å²) in [5, 5.41) is 10.2. The predicted octanol–water partition coefficient (Wildman–Crippen LogP) is 3.80. The Kier molecular flexibility index (Phi) is 4.52. The topological polar surface area (TPSA) is 76.0 Å². The zero-order chi connectivity index (χ0) is 16.4. The van der Waals surface area contributed by atoms with Crippen LogP contribution in [0.3, 0.4) is 0 Å². The molecule has 0 bridgehead atoms. The Morgan fingerprint density at radius 2 is 2.04 bits per heavy atom. The second-order valence-corrected chi connectivity index (χ2v) is 7.06. The molecule has 1 aliphatic carbocycles. The molecule has 6 heteroatoms. The van der Waals surface area contributed by atoms with Crippen molar-refractivity contribution in [2.24, 2.45) is 0 Å². The summed E-state index contributed by atoms with van der Waals surface area (Å²) >= 11 is 1.73. The van der Waals surface area contributed by atoms with Gasteiger partial charge in [-0.15, -0.1) is 11.3 Å². The van der Waals surface area contributed by atoms with Gasteiger partial charge < -0.3 is 5.11 Å². The first kappa shape index (κ1) is 15.8. The first-order valence-corrected chi connectivity index (χ1v) is 8.63. The molecule has 0 saturated carbocycles. The lowest BCUT2D eigenvalue weighted by atomic mass is 10.0. The van der Waals surface area contributed by atoms with Gasteiger partial charge in [-0.2, -0.15) is 0 Å². The van der Waals surface area contributed by atoms with Crippen molar-refractivity contribution >= 4 is 29.5 Å². The van der Waals surface area contributed by atoms with Gasteiger partial charge >= 0.3 is 5.97 Å². The fraction of sp³-hybridized carbons (Fsp3) is 0.412. The summed E-state index contributed by atoms with van der Waals surface area (Å²) in [6, 6.07) is 0. The molecule has 2 aromatic heterocycles. The second kappa shape index (κ2) is 6.58. The van der Waals surface area contributed by atoms with E-state index >= 15 is 0 Å². The molecule has 0 unspecified atom stereocenters. The van der Waals surface area contributed by atoms with Gasteiger partial charge in [0.15, 0.2) is 5.82 Å². The minimum absolute atomic E-state index is 0.0310. The molecule has 23 heavy (non-hydrogen) atoms. The van der Waals surface area contributed by atoms with Crippen molar-refractivity contribution < 1.29 is 9.90 Å². The monoisotopic (exact) mass is 329 g/mol. The van der Waals surface area contributed by atoms with Crippen LogP contribution < -0.4 is 0 Å². The molecule has 1 N–H and O–H groups in total. The molecule has 120 valence electrons. The fourth-order valence-corrected chi connectivity index (χ4v) is 3.74. The Morgan fingerprint density at radius 3 is 2.74 bits per heavy atom. The van der Waals surface area contributed by atoms with Crippen LogP contribution in [0, 0.1) is 0 Å². The van der Waals surface area contributed by atoms with E-state index in [1.807, 2.05) is 26.0 Å². The highest BCUT2D eigenvalue weighted by Gasteiger charge is 2.16. The first-order valence-electron chi connectivity index (χ1n) is 7.81. The molecule has 2 heterocycles. The SMILES string of the molecule is CC(C)c1nc(/C=C/c2nc3c(s2)CCCC3)ncc1C(=O)O. The standard InChI is InChI=1S/C17H19N3O2S/c1-10(2)16-11(17(21)22)9-18-14(20-16)7-8-15-19-12-5-3-4-6-13(12)23-15/h7-10H,3-6H2,1-2H3,(H,21,22)/b8-7+. The number of carboxylic acids is 1. The summed E-state index contributed by atoms with van der Waals surface area (Å²) in [6.07, 6.45) is 9.78. The van der Waals surface area contributed by atoms with Gasteiger partial charge in [0.05, 0.1) is 17.0 Å². The predicted molar refractivity (Wildman–Crippen MR) is 90.8 cm³/mol. The van der Waals surface area contributed by atoms with Crippen LogP contribution in [0.2, 0.25) is 0 Å². The van der Waals surface area contributed by atoms with Crippen molar-refractivity contribution in [3.05, 3.63) is 38.9 Å². The lowest BCUT2D eigenvalue weighted by Crippen LogP contribution is -2.08. The molecule has 0 saturated heterocycles.